The fourth-order valence-electron chi connectivity index (χ4n) is 1.98. The highest BCUT2D eigenvalue weighted by Gasteiger charge is 2.23. The van der Waals surface area contributed by atoms with Crippen molar-refractivity contribution in [1.82, 2.24) is 0 Å². The number of rotatable bonds is 3. The van der Waals surface area contributed by atoms with Gasteiger partial charge in [-0.05, 0) is 46.6 Å². The zero-order valence-corrected chi connectivity index (χ0v) is 12.3. The minimum Gasteiger partial charge on any atom is -0.292 e. The fraction of sp³-hybridized carbons (Fsp3) is 0.125. The van der Waals surface area contributed by atoms with Gasteiger partial charge >= 0.3 is 0 Å². The minimum absolute atomic E-state index is 0.305. The second-order valence-electron chi connectivity index (χ2n) is 4.46. The summed E-state index contributed by atoms with van der Waals surface area (Å²) < 4.78 is 13.4. The van der Waals surface area contributed by atoms with E-state index in [0.29, 0.717) is 15.6 Å². The van der Waals surface area contributed by atoms with Crippen LogP contribution in [-0.4, -0.2) is 5.78 Å². The second-order valence-corrected chi connectivity index (χ2v) is 5.32. The van der Waals surface area contributed by atoms with Crippen LogP contribution in [0.3, 0.4) is 0 Å². The van der Waals surface area contributed by atoms with Crippen molar-refractivity contribution in [1.29, 1.82) is 5.26 Å². The molecule has 0 radical (unpaired) electrons. The maximum Gasteiger partial charge on any atom is 0.185 e. The predicted octanol–water partition coefficient (Wildman–Crippen LogP) is 4.39. The average molecular weight is 332 g/mol. The van der Waals surface area contributed by atoms with E-state index in [2.05, 4.69) is 15.9 Å². The second kappa shape index (κ2) is 5.98. The Bertz CT molecular complexity index is 706. The molecule has 0 aliphatic rings. The van der Waals surface area contributed by atoms with Crippen LogP contribution >= 0.6 is 15.9 Å². The molecule has 0 bridgehead atoms. The van der Waals surface area contributed by atoms with Gasteiger partial charge in [0, 0.05) is 10.0 Å². The Balaban J connectivity index is 2.42. The van der Waals surface area contributed by atoms with Gasteiger partial charge in [-0.1, -0.05) is 29.8 Å². The van der Waals surface area contributed by atoms with E-state index >= 15 is 0 Å². The van der Waals surface area contributed by atoms with E-state index in [1.54, 1.807) is 6.07 Å². The number of carbonyl (C=O) groups is 1. The number of ketones is 1. The highest BCUT2D eigenvalue weighted by molar-refractivity contribution is 9.10. The van der Waals surface area contributed by atoms with Gasteiger partial charge in [0.15, 0.2) is 5.78 Å². The topological polar surface area (TPSA) is 40.9 Å². The number of benzene rings is 2. The van der Waals surface area contributed by atoms with Crippen molar-refractivity contribution in [2.45, 2.75) is 12.8 Å². The maximum absolute atomic E-state index is 13.1. The molecule has 0 fully saturated rings. The summed E-state index contributed by atoms with van der Waals surface area (Å²) in [6.45, 7) is 1.90. The maximum atomic E-state index is 13.1. The van der Waals surface area contributed by atoms with Crippen LogP contribution in [0.4, 0.5) is 4.39 Å². The number of carbonyl (C=O) groups excluding carboxylic acids is 1. The number of aryl methyl sites for hydroxylation is 1. The Morgan fingerprint density at radius 3 is 2.65 bits per heavy atom. The third-order valence-electron chi connectivity index (χ3n) is 2.96. The van der Waals surface area contributed by atoms with Gasteiger partial charge in [0.25, 0.3) is 0 Å². The summed E-state index contributed by atoms with van der Waals surface area (Å²) in [7, 11) is 0. The number of hydrogen-bond acceptors (Lipinski definition) is 2. The summed E-state index contributed by atoms with van der Waals surface area (Å²) in [5.74, 6) is -1.67. The largest absolute Gasteiger partial charge is 0.292 e. The lowest BCUT2D eigenvalue weighted by Gasteiger charge is -2.10. The number of Topliss-reactive ketones (excluding diaryl/α,β-unsaturated/α-hetero) is 1. The van der Waals surface area contributed by atoms with Gasteiger partial charge in [0.1, 0.15) is 11.7 Å². The van der Waals surface area contributed by atoms with Crippen LogP contribution in [0, 0.1) is 24.1 Å². The third-order valence-corrected chi connectivity index (χ3v) is 3.62. The zero-order valence-electron chi connectivity index (χ0n) is 10.7. The summed E-state index contributed by atoms with van der Waals surface area (Å²) in [5.41, 5.74) is 1.93. The van der Waals surface area contributed by atoms with Crippen LogP contribution in [-0.2, 0) is 0 Å². The van der Waals surface area contributed by atoms with Gasteiger partial charge in [-0.3, -0.25) is 4.79 Å². The summed E-state index contributed by atoms with van der Waals surface area (Å²) in [5, 5.41) is 9.29. The van der Waals surface area contributed by atoms with Gasteiger partial charge in [-0.25, -0.2) is 4.39 Å². The molecule has 0 aromatic heterocycles. The molecule has 20 heavy (non-hydrogen) atoms. The first-order chi connectivity index (χ1) is 9.52. The van der Waals surface area contributed by atoms with Gasteiger partial charge in [0.05, 0.1) is 6.07 Å². The van der Waals surface area contributed by atoms with Crippen LogP contribution in [0.15, 0.2) is 46.9 Å². The normalized spacial score (nSPS) is 11.7. The predicted molar refractivity (Wildman–Crippen MR) is 78.0 cm³/mol. The number of nitriles is 1. The molecule has 0 saturated heterocycles. The first-order valence-electron chi connectivity index (χ1n) is 5.98. The molecule has 0 aliphatic heterocycles. The zero-order chi connectivity index (χ0) is 14.7. The third kappa shape index (κ3) is 2.94. The van der Waals surface area contributed by atoms with E-state index in [-0.39, 0.29) is 5.78 Å². The first-order valence-corrected chi connectivity index (χ1v) is 6.77. The molecule has 2 nitrogen and oxygen atoms in total. The monoisotopic (exact) mass is 331 g/mol. The van der Waals surface area contributed by atoms with E-state index in [0.717, 1.165) is 5.56 Å². The number of hydrogen-bond donors (Lipinski definition) is 0. The van der Waals surface area contributed by atoms with E-state index in [4.69, 9.17) is 0 Å². The van der Waals surface area contributed by atoms with Crippen LogP contribution < -0.4 is 0 Å². The van der Waals surface area contributed by atoms with Crippen molar-refractivity contribution in [2.24, 2.45) is 0 Å². The van der Waals surface area contributed by atoms with Crippen molar-refractivity contribution in [3.05, 3.63) is 69.4 Å². The van der Waals surface area contributed by atoms with Crippen molar-refractivity contribution >= 4 is 21.7 Å². The van der Waals surface area contributed by atoms with E-state index in [9.17, 15) is 14.4 Å². The molecule has 0 saturated carbocycles. The van der Waals surface area contributed by atoms with Gasteiger partial charge < -0.3 is 0 Å². The Morgan fingerprint density at radius 2 is 2.05 bits per heavy atom. The summed E-state index contributed by atoms with van der Waals surface area (Å²) in [6.07, 6.45) is 0. The van der Waals surface area contributed by atoms with Crippen molar-refractivity contribution in [3.8, 4) is 6.07 Å². The SMILES string of the molecule is Cc1cccc(C(C#N)C(=O)c2ccc(F)cc2Br)c1. The van der Waals surface area contributed by atoms with Crippen molar-refractivity contribution in [2.75, 3.05) is 0 Å². The molecular formula is C16H11BrFNO. The van der Waals surface area contributed by atoms with Crippen LogP contribution in [0.1, 0.15) is 27.4 Å². The smallest absolute Gasteiger partial charge is 0.185 e. The van der Waals surface area contributed by atoms with Gasteiger partial charge in [-0.2, -0.15) is 5.26 Å². The molecule has 0 spiro atoms. The van der Waals surface area contributed by atoms with Gasteiger partial charge in [-0.15, -0.1) is 0 Å². The Labute approximate surface area is 125 Å². The molecular weight excluding hydrogens is 321 g/mol. The highest BCUT2D eigenvalue weighted by atomic mass is 79.9. The van der Waals surface area contributed by atoms with Crippen LogP contribution in [0.2, 0.25) is 0 Å². The molecule has 0 heterocycles. The van der Waals surface area contributed by atoms with Crippen LogP contribution in [0.25, 0.3) is 0 Å². The van der Waals surface area contributed by atoms with Crippen molar-refractivity contribution < 1.29 is 9.18 Å². The summed E-state index contributed by atoms with van der Waals surface area (Å²) in [4.78, 5) is 12.4. The van der Waals surface area contributed by atoms with Crippen molar-refractivity contribution in [3.63, 3.8) is 0 Å². The quantitative estimate of drug-likeness (QED) is 0.783. The average Bonchev–Trinajstić information content (AvgIpc) is 2.39. The molecule has 4 heteroatoms. The van der Waals surface area contributed by atoms with Gasteiger partial charge in [0.2, 0.25) is 0 Å². The highest BCUT2D eigenvalue weighted by Crippen LogP contribution is 2.26. The molecule has 0 amide bonds. The molecule has 0 aliphatic carbocycles. The lowest BCUT2D eigenvalue weighted by atomic mass is 9.91. The Morgan fingerprint density at radius 1 is 1.30 bits per heavy atom. The molecule has 1 atom stereocenters. The molecule has 100 valence electrons. The molecule has 0 N–H and O–H groups in total. The standard InChI is InChI=1S/C16H11BrFNO/c1-10-3-2-4-11(7-10)14(9-19)16(20)13-6-5-12(18)8-15(13)17/h2-8,14H,1H3. The summed E-state index contributed by atoms with van der Waals surface area (Å²) >= 11 is 3.16. The Hall–Kier alpha value is -1.99. The summed E-state index contributed by atoms with van der Waals surface area (Å²) in [6, 6.07) is 13.1. The fourth-order valence-corrected chi connectivity index (χ4v) is 2.53. The first kappa shape index (κ1) is 14.4. The minimum atomic E-state index is -0.892. The van der Waals surface area contributed by atoms with E-state index in [1.807, 2.05) is 31.2 Å². The lowest BCUT2D eigenvalue weighted by molar-refractivity contribution is 0.0978. The molecule has 2 aromatic rings. The molecule has 2 rings (SSSR count). The van der Waals surface area contributed by atoms with E-state index in [1.165, 1.54) is 18.2 Å². The molecule has 2 aromatic carbocycles. The van der Waals surface area contributed by atoms with E-state index < -0.39 is 11.7 Å². The number of halogens is 2. The Kier molecular flexibility index (Phi) is 4.31. The lowest BCUT2D eigenvalue weighted by Crippen LogP contribution is -2.12. The number of nitrogens with zero attached hydrogens (tertiary/aromatic N) is 1. The van der Waals surface area contributed by atoms with Crippen LogP contribution in [0.5, 0.6) is 0 Å². The molecule has 1 unspecified atom stereocenters.